The largest absolute Gasteiger partial charge is 0.318 e. The molecule has 0 radical (unpaired) electrons. The van der Waals surface area contributed by atoms with Crippen molar-refractivity contribution in [1.82, 2.24) is 9.47 Å². The Morgan fingerprint density at radius 3 is 2.44 bits per heavy atom. The molecule has 86 valence electrons. The molecule has 0 aliphatic heterocycles. The smallest absolute Gasteiger partial charge is 0.250 e. The van der Waals surface area contributed by atoms with Gasteiger partial charge in [-0.25, -0.2) is 0 Å². The third-order valence-electron chi connectivity index (χ3n) is 2.33. The Morgan fingerprint density at radius 1 is 1.31 bits per heavy atom. The molecule has 0 spiro atoms. The summed E-state index contributed by atoms with van der Waals surface area (Å²) in [5.41, 5.74) is 1.13. The van der Waals surface area contributed by atoms with E-state index in [0.29, 0.717) is 0 Å². The Kier molecular flexibility index (Phi) is 4.73. The maximum atomic E-state index is 11.2. The van der Waals surface area contributed by atoms with Crippen LogP contribution in [0.5, 0.6) is 0 Å². The molecule has 3 nitrogen and oxygen atoms in total. The first kappa shape index (κ1) is 12.5. The number of nitrogens with zero attached hydrogens (tertiary/aromatic N) is 2. The highest BCUT2D eigenvalue weighted by atomic mass is 16.1. The summed E-state index contributed by atoms with van der Waals surface area (Å²) in [6, 6.07) is 3.46. The first-order chi connectivity index (χ1) is 7.67. The molecule has 1 aromatic rings. The Morgan fingerprint density at radius 2 is 1.94 bits per heavy atom. The van der Waals surface area contributed by atoms with Crippen molar-refractivity contribution in [2.75, 3.05) is 13.1 Å². The fourth-order valence-electron chi connectivity index (χ4n) is 1.57. The predicted octanol–water partition coefficient (Wildman–Crippen LogP) is 1.56. The van der Waals surface area contributed by atoms with Crippen LogP contribution in [0.25, 0.3) is 0 Å². The minimum atomic E-state index is 0.0164. The summed E-state index contributed by atoms with van der Waals surface area (Å²) in [5, 5.41) is 0. The van der Waals surface area contributed by atoms with E-state index in [2.05, 4.69) is 18.1 Å². The molecule has 0 aromatic carbocycles. The molecule has 3 heteroatoms. The van der Waals surface area contributed by atoms with Gasteiger partial charge in [-0.15, -0.1) is 13.2 Å². The molecule has 0 amide bonds. The van der Waals surface area contributed by atoms with Gasteiger partial charge in [-0.05, 0) is 5.56 Å². The maximum Gasteiger partial charge on any atom is 0.250 e. The number of aryl methyl sites for hydroxylation is 1. The van der Waals surface area contributed by atoms with Gasteiger partial charge in [-0.3, -0.25) is 9.69 Å². The van der Waals surface area contributed by atoms with Crippen molar-refractivity contribution >= 4 is 0 Å². The molecule has 0 aliphatic carbocycles. The lowest BCUT2D eigenvalue weighted by Gasteiger charge is -2.18. The third kappa shape index (κ3) is 3.51. The molecule has 0 fully saturated rings. The minimum absolute atomic E-state index is 0.0164. The van der Waals surface area contributed by atoms with E-state index in [4.69, 9.17) is 0 Å². The van der Waals surface area contributed by atoms with Crippen LogP contribution in [-0.2, 0) is 13.6 Å². The van der Waals surface area contributed by atoms with E-state index in [-0.39, 0.29) is 5.56 Å². The van der Waals surface area contributed by atoms with Crippen LogP contribution in [0, 0.1) is 0 Å². The fourth-order valence-corrected chi connectivity index (χ4v) is 1.57. The van der Waals surface area contributed by atoms with Gasteiger partial charge in [-0.2, -0.15) is 0 Å². The molecule has 0 unspecified atom stereocenters. The quantitative estimate of drug-likeness (QED) is 0.677. The zero-order chi connectivity index (χ0) is 12.0. The third-order valence-corrected chi connectivity index (χ3v) is 2.33. The number of hydrogen-bond donors (Lipinski definition) is 0. The van der Waals surface area contributed by atoms with Crippen molar-refractivity contribution < 1.29 is 0 Å². The van der Waals surface area contributed by atoms with Crippen LogP contribution in [0.3, 0.4) is 0 Å². The summed E-state index contributed by atoms with van der Waals surface area (Å²) < 4.78 is 1.59. The van der Waals surface area contributed by atoms with E-state index in [1.807, 2.05) is 24.4 Å². The van der Waals surface area contributed by atoms with Gasteiger partial charge in [0.1, 0.15) is 0 Å². The zero-order valence-corrected chi connectivity index (χ0v) is 9.72. The summed E-state index contributed by atoms with van der Waals surface area (Å²) in [7, 11) is 1.76. The first-order valence-electron chi connectivity index (χ1n) is 5.27. The normalized spacial score (nSPS) is 10.4. The molecule has 0 atom stereocenters. The molecule has 1 heterocycles. The SMILES string of the molecule is C=CCN(CC=C)Cc1ccc(=O)n(C)c1. The molecule has 1 rings (SSSR count). The molecule has 0 bridgehead atoms. The highest BCUT2D eigenvalue weighted by Crippen LogP contribution is 2.02. The second kappa shape index (κ2) is 6.08. The van der Waals surface area contributed by atoms with Crippen LogP contribution in [0.1, 0.15) is 5.56 Å². The summed E-state index contributed by atoms with van der Waals surface area (Å²) in [6.45, 7) is 9.88. The van der Waals surface area contributed by atoms with E-state index < -0.39 is 0 Å². The lowest BCUT2D eigenvalue weighted by atomic mass is 10.2. The van der Waals surface area contributed by atoms with Crippen molar-refractivity contribution in [2.24, 2.45) is 7.05 Å². The van der Waals surface area contributed by atoms with Crippen LogP contribution < -0.4 is 5.56 Å². The Bertz CT molecular complexity index is 410. The monoisotopic (exact) mass is 218 g/mol. The molecule has 0 saturated carbocycles. The van der Waals surface area contributed by atoms with E-state index in [9.17, 15) is 4.79 Å². The van der Waals surface area contributed by atoms with Crippen LogP contribution in [-0.4, -0.2) is 22.6 Å². The Balaban J connectivity index is 2.76. The van der Waals surface area contributed by atoms with Gasteiger partial charge >= 0.3 is 0 Å². The van der Waals surface area contributed by atoms with Gasteiger partial charge in [0.25, 0.3) is 0 Å². The number of hydrogen-bond acceptors (Lipinski definition) is 2. The van der Waals surface area contributed by atoms with Gasteiger partial charge in [0, 0.05) is 38.9 Å². The number of aromatic nitrogens is 1. The Labute approximate surface area is 96.3 Å². The highest BCUT2D eigenvalue weighted by Gasteiger charge is 2.02. The van der Waals surface area contributed by atoms with Gasteiger partial charge in [0.05, 0.1) is 0 Å². The fraction of sp³-hybridized carbons (Fsp3) is 0.308. The molecular formula is C13H18N2O. The first-order valence-corrected chi connectivity index (χ1v) is 5.27. The maximum absolute atomic E-state index is 11.2. The molecule has 1 aromatic heterocycles. The van der Waals surface area contributed by atoms with Crippen molar-refractivity contribution in [3.8, 4) is 0 Å². The Hall–Kier alpha value is -1.61. The van der Waals surface area contributed by atoms with Crippen LogP contribution in [0.15, 0.2) is 48.4 Å². The van der Waals surface area contributed by atoms with Crippen molar-refractivity contribution in [3.05, 3.63) is 59.6 Å². The van der Waals surface area contributed by atoms with E-state index in [0.717, 1.165) is 25.2 Å². The second-order valence-electron chi connectivity index (χ2n) is 3.76. The average molecular weight is 218 g/mol. The lowest BCUT2D eigenvalue weighted by molar-refractivity contribution is 0.327. The lowest BCUT2D eigenvalue weighted by Crippen LogP contribution is -2.24. The average Bonchev–Trinajstić information content (AvgIpc) is 2.24. The molecular weight excluding hydrogens is 200 g/mol. The summed E-state index contributed by atoms with van der Waals surface area (Å²) in [5.74, 6) is 0. The topological polar surface area (TPSA) is 25.2 Å². The van der Waals surface area contributed by atoms with Crippen molar-refractivity contribution in [3.63, 3.8) is 0 Å². The molecule has 16 heavy (non-hydrogen) atoms. The van der Waals surface area contributed by atoms with Gasteiger partial charge < -0.3 is 4.57 Å². The zero-order valence-electron chi connectivity index (χ0n) is 9.72. The van der Waals surface area contributed by atoms with Crippen molar-refractivity contribution in [1.29, 1.82) is 0 Å². The minimum Gasteiger partial charge on any atom is -0.318 e. The second-order valence-corrected chi connectivity index (χ2v) is 3.76. The predicted molar refractivity (Wildman–Crippen MR) is 67.4 cm³/mol. The summed E-state index contributed by atoms with van der Waals surface area (Å²) >= 11 is 0. The standard InChI is InChI=1S/C13H18N2O/c1-4-8-15(9-5-2)11-12-6-7-13(16)14(3)10-12/h4-7,10H,1-2,8-9,11H2,3H3. The number of rotatable bonds is 6. The van der Waals surface area contributed by atoms with E-state index >= 15 is 0 Å². The van der Waals surface area contributed by atoms with Gasteiger partial charge in [0.2, 0.25) is 5.56 Å². The molecule has 0 aliphatic rings. The van der Waals surface area contributed by atoms with Crippen LogP contribution in [0.4, 0.5) is 0 Å². The molecule has 0 N–H and O–H groups in total. The number of pyridine rings is 1. The van der Waals surface area contributed by atoms with Gasteiger partial charge in [0.15, 0.2) is 0 Å². The summed E-state index contributed by atoms with van der Waals surface area (Å²) in [6.07, 6.45) is 5.60. The van der Waals surface area contributed by atoms with Gasteiger partial charge in [-0.1, -0.05) is 18.2 Å². The van der Waals surface area contributed by atoms with E-state index in [1.165, 1.54) is 0 Å². The van der Waals surface area contributed by atoms with Crippen LogP contribution in [0.2, 0.25) is 0 Å². The van der Waals surface area contributed by atoms with E-state index in [1.54, 1.807) is 17.7 Å². The molecule has 0 saturated heterocycles. The summed E-state index contributed by atoms with van der Waals surface area (Å²) in [4.78, 5) is 13.4. The van der Waals surface area contributed by atoms with Crippen molar-refractivity contribution in [2.45, 2.75) is 6.54 Å². The van der Waals surface area contributed by atoms with Crippen LogP contribution >= 0.6 is 0 Å². The highest BCUT2D eigenvalue weighted by molar-refractivity contribution is 5.10.